The standard InChI is InChI=1S/C12H14ClF3N2O3S/c1-2-5-22(20,21)17-7-11(19)18-10-4-3-8(13)6-9(10)12(14,15)16/h3-4,6,17H,2,5,7H2,1H3,(H,18,19). The Morgan fingerprint density at radius 1 is 1.32 bits per heavy atom. The molecule has 0 aliphatic rings. The molecule has 10 heteroatoms. The van der Waals surface area contributed by atoms with E-state index in [1.54, 1.807) is 6.92 Å². The first-order valence-electron chi connectivity index (χ1n) is 6.19. The second-order valence-electron chi connectivity index (χ2n) is 4.38. The van der Waals surface area contributed by atoms with Crippen LogP contribution in [0.25, 0.3) is 0 Å². The van der Waals surface area contributed by atoms with Crippen molar-refractivity contribution in [3.05, 3.63) is 28.8 Å². The van der Waals surface area contributed by atoms with E-state index in [4.69, 9.17) is 11.6 Å². The maximum absolute atomic E-state index is 12.8. The summed E-state index contributed by atoms with van der Waals surface area (Å²) in [6.07, 6.45) is -4.35. The Hall–Kier alpha value is -1.32. The number of carbonyl (C=O) groups excluding carboxylic acids is 1. The number of hydrogen-bond donors (Lipinski definition) is 2. The van der Waals surface area contributed by atoms with E-state index in [9.17, 15) is 26.4 Å². The van der Waals surface area contributed by atoms with E-state index in [-0.39, 0.29) is 10.8 Å². The second kappa shape index (κ2) is 7.30. The highest BCUT2D eigenvalue weighted by molar-refractivity contribution is 7.89. The van der Waals surface area contributed by atoms with Gasteiger partial charge in [0.2, 0.25) is 15.9 Å². The molecule has 0 fully saturated rings. The Balaban J connectivity index is 2.81. The fourth-order valence-corrected chi connectivity index (χ4v) is 2.78. The minimum absolute atomic E-state index is 0.131. The van der Waals surface area contributed by atoms with Gasteiger partial charge < -0.3 is 5.32 Å². The summed E-state index contributed by atoms with van der Waals surface area (Å²) in [4.78, 5) is 11.6. The van der Waals surface area contributed by atoms with Gasteiger partial charge in [-0.15, -0.1) is 0 Å². The van der Waals surface area contributed by atoms with Gasteiger partial charge in [0, 0.05) is 5.02 Å². The summed E-state index contributed by atoms with van der Waals surface area (Å²) in [6.45, 7) is 0.991. The van der Waals surface area contributed by atoms with Crippen LogP contribution in [0.15, 0.2) is 18.2 Å². The molecule has 22 heavy (non-hydrogen) atoms. The number of hydrogen-bond acceptors (Lipinski definition) is 3. The fraction of sp³-hybridized carbons (Fsp3) is 0.417. The molecule has 0 aliphatic carbocycles. The Morgan fingerprint density at radius 2 is 1.95 bits per heavy atom. The molecule has 1 aromatic rings. The van der Waals surface area contributed by atoms with Gasteiger partial charge >= 0.3 is 6.18 Å². The quantitative estimate of drug-likeness (QED) is 0.820. The van der Waals surface area contributed by atoms with Gasteiger partial charge in [-0.05, 0) is 24.6 Å². The molecule has 0 aliphatic heterocycles. The van der Waals surface area contributed by atoms with Gasteiger partial charge in [-0.3, -0.25) is 4.79 Å². The maximum atomic E-state index is 12.8. The van der Waals surface area contributed by atoms with E-state index in [2.05, 4.69) is 0 Å². The van der Waals surface area contributed by atoms with Crippen LogP contribution >= 0.6 is 11.6 Å². The van der Waals surface area contributed by atoms with Crippen molar-refractivity contribution >= 4 is 33.2 Å². The molecular formula is C12H14ClF3N2O3S. The number of carbonyl (C=O) groups is 1. The monoisotopic (exact) mass is 358 g/mol. The summed E-state index contributed by atoms with van der Waals surface area (Å²) in [6, 6.07) is 2.87. The number of benzene rings is 1. The van der Waals surface area contributed by atoms with E-state index in [1.807, 2.05) is 10.0 Å². The zero-order chi connectivity index (χ0) is 17.0. The lowest BCUT2D eigenvalue weighted by molar-refractivity contribution is -0.137. The van der Waals surface area contributed by atoms with Crippen LogP contribution in [0.5, 0.6) is 0 Å². The molecule has 0 spiro atoms. The van der Waals surface area contributed by atoms with Gasteiger partial charge in [0.1, 0.15) is 0 Å². The lowest BCUT2D eigenvalue weighted by Gasteiger charge is -2.14. The van der Waals surface area contributed by atoms with Crippen LogP contribution in [-0.4, -0.2) is 26.6 Å². The van der Waals surface area contributed by atoms with Crippen molar-refractivity contribution in [1.82, 2.24) is 4.72 Å². The fourth-order valence-electron chi connectivity index (χ4n) is 1.57. The molecule has 0 heterocycles. The highest BCUT2D eigenvalue weighted by Gasteiger charge is 2.34. The number of halogens is 4. The van der Waals surface area contributed by atoms with Crippen LogP contribution in [0.3, 0.4) is 0 Å². The average molecular weight is 359 g/mol. The SMILES string of the molecule is CCCS(=O)(=O)NCC(=O)Nc1ccc(Cl)cc1C(F)(F)F. The zero-order valence-electron chi connectivity index (χ0n) is 11.5. The number of alkyl halides is 3. The number of amides is 1. The van der Waals surface area contributed by atoms with Gasteiger partial charge in [0.15, 0.2) is 0 Å². The Bertz CT molecular complexity index is 648. The molecule has 1 rings (SSSR count). The largest absolute Gasteiger partial charge is 0.418 e. The van der Waals surface area contributed by atoms with Crippen molar-refractivity contribution in [2.24, 2.45) is 0 Å². The smallest absolute Gasteiger partial charge is 0.324 e. The Morgan fingerprint density at radius 3 is 2.50 bits per heavy atom. The van der Waals surface area contributed by atoms with E-state index in [1.165, 1.54) is 6.07 Å². The molecule has 0 unspecified atom stereocenters. The van der Waals surface area contributed by atoms with Crippen molar-refractivity contribution < 1.29 is 26.4 Å². The summed E-state index contributed by atoms with van der Waals surface area (Å²) in [5.74, 6) is -1.08. The van der Waals surface area contributed by atoms with Crippen LogP contribution in [0.4, 0.5) is 18.9 Å². The van der Waals surface area contributed by atoms with E-state index in [0.717, 1.165) is 6.07 Å². The predicted octanol–water partition coefficient (Wildman–Crippen LogP) is 2.63. The van der Waals surface area contributed by atoms with Crippen LogP contribution in [-0.2, 0) is 21.0 Å². The van der Waals surface area contributed by atoms with Gasteiger partial charge in [-0.25, -0.2) is 13.1 Å². The van der Waals surface area contributed by atoms with Gasteiger partial charge in [-0.2, -0.15) is 13.2 Å². The molecule has 0 bridgehead atoms. The lowest BCUT2D eigenvalue weighted by atomic mass is 10.1. The van der Waals surface area contributed by atoms with Crippen molar-refractivity contribution in [2.45, 2.75) is 19.5 Å². The number of rotatable bonds is 6. The third-order valence-corrected chi connectivity index (χ3v) is 4.25. The number of nitrogens with one attached hydrogen (secondary N) is 2. The average Bonchev–Trinajstić information content (AvgIpc) is 2.37. The van der Waals surface area contributed by atoms with E-state index in [0.29, 0.717) is 12.5 Å². The second-order valence-corrected chi connectivity index (χ2v) is 6.74. The van der Waals surface area contributed by atoms with Crippen molar-refractivity contribution in [3.8, 4) is 0 Å². The van der Waals surface area contributed by atoms with Crippen LogP contribution in [0, 0.1) is 0 Å². The molecule has 2 N–H and O–H groups in total. The normalized spacial score (nSPS) is 12.2. The molecule has 0 radical (unpaired) electrons. The molecule has 1 aromatic carbocycles. The van der Waals surface area contributed by atoms with Crippen molar-refractivity contribution in [1.29, 1.82) is 0 Å². The van der Waals surface area contributed by atoms with Gasteiger partial charge in [0.25, 0.3) is 0 Å². The zero-order valence-corrected chi connectivity index (χ0v) is 13.1. The van der Waals surface area contributed by atoms with Gasteiger partial charge in [-0.1, -0.05) is 18.5 Å². The minimum Gasteiger partial charge on any atom is -0.324 e. The summed E-state index contributed by atoms with van der Waals surface area (Å²) < 4.78 is 63.2. The van der Waals surface area contributed by atoms with Crippen molar-refractivity contribution in [2.75, 3.05) is 17.6 Å². The first kappa shape index (κ1) is 18.7. The first-order valence-corrected chi connectivity index (χ1v) is 8.22. The highest BCUT2D eigenvalue weighted by Crippen LogP contribution is 2.36. The van der Waals surface area contributed by atoms with E-state index >= 15 is 0 Å². The molecule has 0 atom stereocenters. The summed E-state index contributed by atoms with van der Waals surface area (Å²) in [5.41, 5.74) is -1.60. The Labute approximate surface area is 130 Å². The molecule has 1 amide bonds. The predicted molar refractivity (Wildman–Crippen MR) is 77.2 cm³/mol. The highest BCUT2D eigenvalue weighted by atomic mass is 35.5. The first-order chi connectivity index (χ1) is 10.0. The summed E-state index contributed by atoms with van der Waals surface area (Å²) >= 11 is 5.51. The van der Waals surface area contributed by atoms with Crippen LogP contribution < -0.4 is 10.0 Å². The number of sulfonamides is 1. The van der Waals surface area contributed by atoms with Crippen molar-refractivity contribution in [3.63, 3.8) is 0 Å². The minimum atomic E-state index is -4.70. The Kier molecular flexibility index (Phi) is 6.21. The number of anilines is 1. The molecule has 5 nitrogen and oxygen atoms in total. The maximum Gasteiger partial charge on any atom is 0.418 e. The van der Waals surface area contributed by atoms with Crippen LogP contribution in [0.2, 0.25) is 5.02 Å². The third kappa shape index (κ3) is 5.82. The summed E-state index contributed by atoms with van der Waals surface area (Å²) in [5, 5.41) is 1.88. The topological polar surface area (TPSA) is 75.3 Å². The third-order valence-electron chi connectivity index (χ3n) is 2.49. The van der Waals surface area contributed by atoms with Gasteiger partial charge in [0.05, 0.1) is 23.5 Å². The molecule has 124 valence electrons. The molecular weight excluding hydrogens is 345 g/mol. The van der Waals surface area contributed by atoms with Crippen LogP contribution in [0.1, 0.15) is 18.9 Å². The molecule has 0 saturated carbocycles. The summed E-state index contributed by atoms with van der Waals surface area (Å²) in [7, 11) is -3.62. The molecule has 0 aromatic heterocycles. The van der Waals surface area contributed by atoms with E-state index < -0.39 is 39.9 Å². The molecule has 0 saturated heterocycles. The lowest BCUT2D eigenvalue weighted by Crippen LogP contribution is -2.34.